The maximum Gasteiger partial charge on any atom is 0.362 e. The Morgan fingerprint density at radius 1 is 0.580 bits per heavy atom. The van der Waals surface area contributed by atoms with Crippen molar-refractivity contribution in [1.82, 2.24) is 0 Å². The Balaban J connectivity index is 4.24. The number of quaternary nitrogens is 1. The number of hydrogen-bond donors (Lipinski definition) is 1. The molecule has 0 aromatic rings. The molecule has 0 aromatic carbocycles. The minimum Gasteiger partial charge on any atom is -0.477 e. The Labute approximate surface area is 308 Å². The fourth-order valence-electron chi connectivity index (χ4n) is 6.17. The van der Waals surface area contributed by atoms with E-state index in [2.05, 4.69) is 19.9 Å². The second-order valence-corrected chi connectivity index (χ2v) is 15.2. The lowest BCUT2D eigenvalue weighted by Gasteiger charge is -2.31. The first-order valence-electron chi connectivity index (χ1n) is 20.7. The molecule has 0 aliphatic carbocycles. The van der Waals surface area contributed by atoms with Gasteiger partial charge in [0.25, 0.3) is 0 Å². The van der Waals surface area contributed by atoms with Gasteiger partial charge in [-0.3, -0.25) is 9.59 Å². The van der Waals surface area contributed by atoms with Crippen molar-refractivity contribution in [3.63, 3.8) is 0 Å². The molecule has 0 aromatic heterocycles. The van der Waals surface area contributed by atoms with Crippen molar-refractivity contribution >= 4 is 17.9 Å². The van der Waals surface area contributed by atoms with Gasteiger partial charge in [-0.05, 0) is 25.7 Å². The SMILES string of the molecule is CCCCCC/C=C/CCC(=O)OC(COCCC(C(=O)O)[N+](C)(C)C)COC(=O)CCCCCCCCCCCCCCCCCCCC. The zero-order valence-electron chi connectivity index (χ0n) is 33.4. The molecule has 0 bridgehead atoms. The molecule has 0 saturated carbocycles. The molecule has 0 saturated heterocycles. The molecular weight excluding hydrogens is 630 g/mol. The van der Waals surface area contributed by atoms with E-state index in [1.54, 1.807) is 0 Å². The van der Waals surface area contributed by atoms with Crippen LogP contribution in [0.4, 0.5) is 0 Å². The van der Waals surface area contributed by atoms with Gasteiger partial charge in [-0.15, -0.1) is 0 Å². The van der Waals surface area contributed by atoms with Gasteiger partial charge in [-0.1, -0.05) is 154 Å². The minimum absolute atomic E-state index is 0.0506. The molecule has 8 nitrogen and oxygen atoms in total. The lowest BCUT2D eigenvalue weighted by molar-refractivity contribution is -0.887. The van der Waals surface area contributed by atoms with Crippen LogP contribution in [0.3, 0.4) is 0 Å². The van der Waals surface area contributed by atoms with E-state index in [0.29, 0.717) is 19.3 Å². The molecule has 2 atom stereocenters. The summed E-state index contributed by atoms with van der Waals surface area (Å²) in [6, 6.07) is -0.614. The van der Waals surface area contributed by atoms with Crippen molar-refractivity contribution in [1.29, 1.82) is 0 Å². The van der Waals surface area contributed by atoms with Crippen LogP contribution >= 0.6 is 0 Å². The number of carboxylic acid groups (broad SMARTS) is 1. The second kappa shape index (κ2) is 34.2. The average Bonchev–Trinajstić information content (AvgIpc) is 3.06. The summed E-state index contributed by atoms with van der Waals surface area (Å²) in [6.07, 6.45) is 34.2. The summed E-state index contributed by atoms with van der Waals surface area (Å²) in [4.78, 5) is 36.7. The molecule has 0 aliphatic heterocycles. The first kappa shape index (κ1) is 48.1. The van der Waals surface area contributed by atoms with Crippen LogP contribution in [0, 0.1) is 0 Å². The summed E-state index contributed by atoms with van der Waals surface area (Å²) in [5, 5.41) is 9.57. The fourth-order valence-corrected chi connectivity index (χ4v) is 6.17. The van der Waals surface area contributed by atoms with Crippen LogP contribution in [-0.2, 0) is 28.6 Å². The Morgan fingerprint density at radius 2 is 1.04 bits per heavy atom. The second-order valence-electron chi connectivity index (χ2n) is 15.2. The molecule has 2 unspecified atom stereocenters. The van der Waals surface area contributed by atoms with E-state index < -0.39 is 18.1 Å². The number of carboxylic acids is 1. The Kier molecular flexibility index (Phi) is 32.9. The van der Waals surface area contributed by atoms with Gasteiger partial charge in [0.05, 0.1) is 34.4 Å². The van der Waals surface area contributed by atoms with Crippen LogP contribution < -0.4 is 0 Å². The number of unbranched alkanes of at least 4 members (excludes halogenated alkanes) is 21. The number of likely N-dealkylation sites (N-methyl/N-ethyl adjacent to an activating group) is 1. The van der Waals surface area contributed by atoms with Crippen molar-refractivity contribution < 1.29 is 38.2 Å². The number of hydrogen-bond acceptors (Lipinski definition) is 6. The van der Waals surface area contributed by atoms with Crippen LogP contribution in [0.1, 0.15) is 187 Å². The maximum atomic E-state index is 12.6. The van der Waals surface area contributed by atoms with Crippen molar-refractivity contribution in [3.05, 3.63) is 12.2 Å². The first-order valence-corrected chi connectivity index (χ1v) is 20.7. The number of esters is 2. The van der Waals surface area contributed by atoms with Crippen LogP contribution in [0.2, 0.25) is 0 Å². The van der Waals surface area contributed by atoms with E-state index in [4.69, 9.17) is 14.2 Å². The highest BCUT2D eigenvalue weighted by Crippen LogP contribution is 2.15. The van der Waals surface area contributed by atoms with Gasteiger partial charge >= 0.3 is 17.9 Å². The molecule has 8 heteroatoms. The van der Waals surface area contributed by atoms with Gasteiger partial charge in [-0.25, -0.2) is 4.79 Å². The Bertz CT molecular complexity index is 838. The van der Waals surface area contributed by atoms with Crippen LogP contribution in [0.25, 0.3) is 0 Å². The van der Waals surface area contributed by atoms with E-state index in [-0.39, 0.29) is 42.7 Å². The highest BCUT2D eigenvalue weighted by molar-refractivity contribution is 5.72. The third-order valence-electron chi connectivity index (χ3n) is 9.43. The van der Waals surface area contributed by atoms with Gasteiger partial charge in [-0.2, -0.15) is 0 Å². The standard InChI is InChI=1S/C42H79NO7/c1-6-8-10-12-14-16-17-18-19-20-21-22-23-24-25-27-28-30-32-40(44)49-37-38(36-48-35-34-39(42(46)47)43(3,4)5)50-41(45)33-31-29-26-15-13-11-9-7-2/h26,29,38-39H,6-25,27-28,30-37H2,1-5H3/p+1/b29-26+. The van der Waals surface area contributed by atoms with Gasteiger partial charge < -0.3 is 23.8 Å². The molecule has 0 spiro atoms. The van der Waals surface area contributed by atoms with Crippen LogP contribution in [0.15, 0.2) is 12.2 Å². The van der Waals surface area contributed by atoms with Crippen LogP contribution in [0.5, 0.6) is 0 Å². The summed E-state index contributed by atoms with van der Waals surface area (Å²) in [7, 11) is 5.51. The van der Waals surface area contributed by atoms with E-state index in [0.717, 1.165) is 32.1 Å². The van der Waals surface area contributed by atoms with Gasteiger partial charge in [0.1, 0.15) is 6.61 Å². The van der Waals surface area contributed by atoms with Crippen molar-refractivity contribution in [2.24, 2.45) is 0 Å². The normalized spacial score (nSPS) is 13.1. The van der Waals surface area contributed by atoms with Crippen LogP contribution in [-0.4, -0.2) is 80.6 Å². The molecule has 50 heavy (non-hydrogen) atoms. The maximum absolute atomic E-state index is 12.6. The highest BCUT2D eigenvalue weighted by Gasteiger charge is 2.31. The third kappa shape index (κ3) is 32.0. The van der Waals surface area contributed by atoms with Crippen molar-refractivity contribution in [2.75, 3.05) is 41.0 Å². The van der Waals surface area contributed by atoms with Gasteiger partial charge in [0.2, 0.25) is 0 Å². The largest absolute Gasteiger partial charge is 0.477 e. The zero-order chi connectivity index (χ0) is 37.1. The topological polar surface area (TPSA) is 99.1 Å². The molecule has 0 rings (SSSR count). The predicted octanol–water partition coefficient (Wildman–Crippen LogP) is 10.7. The molecule has 0 aliphatic rings. The Hall–Kier alpha value is -1.93. The monoisotopic (exact) mass is 711 g/mol. The molecular formula is C42H80NO7+. The number of allylic oxidation sites excluding steroid dienone is 2. The van der Waals surface area contributed by atoms with E-state index in [1.807, 2.05) is 27.2 Å². The number of carbonyl (C=O) groups is 3. The average molecular weight is 711 g/mol. The van der Waals surface area contributed by atoms with Gasteiger partial charge in [0, 0.05) is 19.3 Å². The number of nitrogens with zero attached hydrogens (tertiary/aromatic N) is 1. The molecule has 0 radical (unpaired) electrons. The number of rotatable bonds is 37. The number of ether oxygens (including phenoxy) is 3. The number of aliphatic carboxylic acids is 1. The lowest BCUT2D eigenvalue weighted by atomic mass is 10.0. The molecule has 294 valence electrons. The summed E-state index contributed by atoms with van der Waals surface area (Å²) < 4.78 is 17.1. The molecule has 1 N–H and O–H groups in total. The lowest BCUT2D eigenvalue weighted by Crippen LogP contribution is -2.50. The Morgan fingerprint density at radius 3 is 1.52 bits per heavy atom. The first-order chi connectivity index (χ1) is 24.1. The summed E-state index contributed by atoms with van der Waals surface area (Å²) in [5.74, 6) is -1.52. The van der Waals surface area contributed by atoms with E-state index in [1.165, 1.54) is 116 Å². The smallest absolute Gasteiger partial charge is 0.362 e. The van der Waals surface area contributed by atoms with Crippen molar-refractivity contribution in [2.45, 2.75) is 199 Å². The summed E-state index contributed by atoms with van der Waals surface area (Å²) in [6.45, 7) is 4.66. The number of carbonyl (C=O) groups excluding carboxylic acids is 2. The molecule has 0 amide bonds. The van der Waals surface area contributed by atoms with E-state index in [9.17, 15) is 19.5 Å². The third-order valence-corrected chi connectivity index (χ3v) is 9.43. The summed E-state index contributed by atoms with van der Waals surface area (Å²) >= 11 is 0. The molecule has 0 fully saturated rings. The minimum atomic E-state index is -0.879. The van der Waals surface area contributed by atoms with Crippen molar-refractivity contribution in [3.8, 4) is 0 Å². The summed E-state index contributed by atoms with van der Waals surface area (Å²) in [5.41, 5.74) is 0. The van der Waals surface area contributed by atoms with E-state index >= 15 is 0 Å². The molecule has 0 heterocycles. The zero-order valence-corrected chi connectivity index (χ0v) is 33.4. The van der Waals surface area contributed by atoms with Gasteiger partial charge in [0.15, 0.2) is 12.1 Å². The predicted molar refractivity (Wildman–Crippen MR) is 206 cm³/mol. The quantitative estimate of drug-likeness (QED) is 0.0296. The highest BCUT2D eigenvalue weighted by atomic mass is 16.6. The fraction of sp³-hybridized carbons (Fsp3) is 0.881.